The predicted molar refractivity (Wildman–Crippen MR) is 94.8 cm³/mol. The van der Waals surface area contributed by atoms with Gasteiger partial charge in [-0.1, -0.05) is 6.07 Å². The van der Waals surface area contributed by atoms with Crippen molar-refractivity contribution < 1.29 is 23.5 Å². The van der Waals surface area contributed by atoms with Crippen LogP contribution in [0.5, 0.6) is 0 Å². The normalized spacial score (nSPS) is 10.6. The summed E-state index contributed by atoms with van der Waals surface area (Å²) < 4.78 is 15.1. The number of oxazole rings is 2. The summed E-state index contributed by atoms with van der Waals surface area (Å²) in [4.78, 5) is 19.4. The van der Waals surface area contributed by atoms with Crippen molar-refractivity contribution in [2.24, 2.45) is 0 Å². The quantitative estimate of drug-likeness (QED) is 0.550. The summed E-state index contributed by atoms with van der Waals surface area (Å²) in [6, 6.07) is 10.5. The third kappa shape index (κ3) is 3.73. The largest absolute Gasteiger partial charge is 0.465 e. The number of hydrogen-bond donors (Lipinski definition) is 1. The van der Waals surface area contributed by atoms with E-state index in [2.05, 4.69) is 14.7 Å². The monoisotopic (exact) mass is 354 g/mol. The number of methoxy groups -OCH3 is 1. The highest BCUT2D eigenvalue weighted by atomic mass is 16.5. The Morgan fingerprint density at radius 3 is 2.15 bits per heavy atom. The lowest BCUT2D eigenvalue weighted by Gasteiger charge is -1.96. The number of carbonyl (C=O) groups is 1. The number of aryl methyl sites for hydroxylation is 2. The zero-order chi connectivity index (χ0) is 18.7. The van der Waals surface area contributed by atoms with Gasteiger partial charge in [-0.2, -0.15) is 0 Å². The molecule has 7 nitrogen and oxygen atoms in total. The van der Waals surface area contributed by atoms with Crippen LogP contribution >= 0.6 is 0 Å². The second kappa shape index (κ2) is 7.37. The van der Waals surface area contributed by atoms with E-state index >= 15 is 0 Å². The van der Waals surface area contributed by atoms with Crippen LogP contribution in [0.1, 0.15) is 27.7 Å². The molecule has 0 saturated heterocycles. The van der Waals surface area contributed by atoms with Crippen LogP contribution in [-0.2, 0) is 11.3 Å². The van der Waals surface area contributed by atoms with Crippen molar-refractivity contribution in [2.45, 2.75) is 20.5 Å². The Bertz CT molecular complexity index is 1060. The topological polar surface area (TPSA) is 98.6 Å². The highest BCUT2D eigenvalue weighted by Crippen LogP contribution is 2.17. The van der Waals surface area contributed by atoms with Crippen LogP contribution in [0.25, 0.3) is 22.2 Å². The summed E-state index contributed by atoms with van der Waals surface area (Å²) in [5, 5.41) is 8.85. The lowest BCUT2D eigenvalue weighted by molar-refractivity contribution is 0.0601. The Kier molecular flexibility index (Phi) is 4.99. The molecule has 0 saturated carbocycles. The smallest absolute Gasteiger partial charge is 0.337 e. The lowest BCUT2D eigenvalue weighted by atomic mass is 10.2. The molecule has 0 aliphatic carbocycles. The lowest BCUT2D eigenvalue weighted by Crippen LogP contribution is -2.00. The maximum Gasteiger partial charge on any atom is 0.337 e. The number of benzene rings is 2. The van der Waals surface area contributed by atoms with Gasteiger partial charge in [-0.3, -0.25) is 0 Å². The highest BCUT2D eigenvalue weighted by molar-refractivity contribution is 5.93. The van der Waals surface area contributed by atoms with E-state index in [0.29, 0.717) is 28.4 Å². The van der Waals surface area contributed by atoms with Crippen LogP contribution in [0.15, 0.2) is 45.2 Å². The van der Waals surface area contributed by atoms with E-state index in [1.54, 1.807) is 32.0 Å². The van der Waals surface area contributed by atoms with Crippen LogP contribution in [0.2, 0.25) is 0 Å². The molecular formula is C19H18N2O5. The van der Waals surface area contributed by atoms with Crippen LogP contribution in [0, 0.1) is 13.8 Å². The second-order valence-electron chi connectivity index (χ2n) is 5.60. The fourth-order valence-corrected chi connectivity index (χ4v) is 2.47. The van der Waals surface area contributed by atoms with Crippen molar-refractivity contribution >= 4 is 28.2 Å². The molecule has 0 bridgehead atoms. The zero-order valence-corrected chi connectivity index (χ0v) is 14.6. The molecule has 134 valence electrons. The first-order valence-corrected chi connectivity index (χ1v) is 7.92. The number of aliphatic hydroxyl groups is 1. The van der Waals surface area contributed by atoms with Gasteiger partial charge in [-0.05, 0) is 35.9 Å². The molecule has 0 amide bonds. The number of rotatable bonds is 2. The van der Waals surface area contributed by atoms with Crippen molar-refractivity contribution in [3.8, 4) is 0 Å². The minimum Gasteiger partial charge on any atom is -0.465 e. The molecule has 2 aromatic carbocycles. The Morgan fingerprint density at radius 2 is 1.58 bits per heavy atom. The van der Waals surface area contributed by atoms with Crippen molar-refractivity contribution in [1.82, 2.24) is 9.97 Å². The van der Waals surface area contributed by atoms with E-state index < -0.39 is 0 Å². The van der Waals surface area contributed by atoms with Crippen molar-refractivity contribution in [2.75, 3.05) is 7.11 Å². The fourth-order valence-electron chi connectivity index (χ4n) is 2.47. The van der Waals surface area contributed by atoms with Crippen molar-refractivity contribution in [3.63, 3.8) is 0 Å². The Labute approximate surface area is 149 Å². The van der Waals surface area contributed by atoms with Gasteiger partial charge in [0.25, 0.3) is 0 Å². The van der Waals surface area contributed by atoms with Crippen molar-refractivity contribution in [3.05, 3.63) is 59.3 Å². The molecule has 4 aromatic rings. The summed E-state index contributed by atoms with van der Waals surface area (Å²) in [5.41, 5.74) is 4.26. The van der Waals surface area contributed by atoms with E-state index in [1.807, 2.05) is 18.2 Å². The van der Waals surface area contributed by atoms with E-state index in [0.717, 1.165) is 16.7 Å². The zero-order valence-electron chi connectivity index (χ0n) is 14.6. The second-order valence-corrected chi connectivity index (χ2v) is 5.60. The molecule has 1 N–H and O–H groups in total. The molecular weight excluding hydrogens is 336 g/mol. The van der Waals surface area contributed by atoms with Gasteiger partial charge in [0.15, 0.2) is 22.9 Å². The number of nitrogens with zero attached hydrogens (tertiary/aromatic N) is 2. The molecule has 0 radical (unpaired) electrons. The first-order valence-electron chi connectivity index (χ1n) is 7.92. The number of esters is 1. The summed E-state index contributed by atoms with van der Waals surface area (Å²) in [5.74, 6) is 0.870. The van der Waals surface area contributed by atoms with E-state index in [4.69, 9.17) is 13.9 Å². The molecule has 0 aliphatic rings. The first-order chi connectivity index (χ1) is 12.5. The fraction of sp³-hybridized carbons (Fsp3) is 0.211. The summed E-state index contributed by atoms with van der Waals surface area (Å²) in [7, 11) is 1.35. The molecule has 7 heteroatoms. The van der Waals surface area contributed by atoms with Gasteiger partial charge in [0.2, 0.25) is 0 Å². The van der Waals surface area contributed by atoms with Gasteiger partial charge in [0.1, 0.15) is 11.0 Å². The molecule has 4 rings (SSSR count). The number of aromatic nitrogens is 2. The number of fused-ring (bicyclic) bond motifs is 2. The summed E-state index contributed by atoms with van der Waals surface area (Å²) >= 11 is 0. The van der Waals surface area contributed by atoms with Gasteiger partial charge in [-0.15, -0.1) is 0 Å². The van der Waals surface area contributed by atoms with E-state index in [1.165, 1.54) is 7.11 Å². The molecule has 0 unspecified atom stereocenters. The Hall–Kier alpha value is -3.19. The average Bonchev–Trinajstić information content (AvgIpc) is 3.20. The van der Waals surface area contributed by atoms with Gasteiger partial charge in [-0.25, -0.2) is 14.8 Å². The van der Waals surface area contributed by atoms with Gasteiger partial charge >= 0.3 is 5.97 Å². The van der Waals surface area contributed by atoms with Crippen LogP contribution in [0.3, 0.4) is 0 Å². The van der Waals surface area contributed by atoms with Crippen LogP contribution in [-0.4, -0.2) is 28.2 Å². The molecule has 2 aromatic heterocycles. The van der Waals surface area contributed by atoms with Crippen LogP contribution in [0.4, 0.5) is 0 Å². The number of hydrogen-bond acceptors (Lipinski definition) is 7. The molecule has 0 atom stereocenters. The van der Waals surface area contributed by atoms with E-state index in [-0.39, 0.29) is 12.6 Å². The van der Waals surface area contributed by atoms with Gasteiger partial charge in [0.05, 0.1) is 19.3 Å². The van der Waals surface area contributed by atoms with Crippen LogP contribution < -0.4 is 0 Å². The van der Waals surface area contributed by atoms with Gasteiger partial charge < -0.3 is 18.7 Å². The SMILES string of the molecule is COC(=O)c1ccc2oc(C)nc2c1.Cc1nc2cc(CO)ccc2o1. The Balaban J connectivity index is 0.000000152. The molecule has 0 spiro atoms. The molecule has 2 heterocycles. The predicted octanol–water partition coefficient (Wildman–Crippen LogP) is 3.55. The standard InChI is InChI=1S/C10H9NO3.C9H9NO2/c1-6-11-8-5-7(10(12)13-2)3-4-9(8)14-6;1-6-10-8-4-7(5-11)2-3-9(8)12-6/h3-5H,1-2H3;2-4,11H,5H2,1H3. The average molecular weight is 354 g/mol. The molecule has 26 heavy (non-hydrogen) atoms. The maximum atomic E-state index is 11.2. The third-order valence-electron chi connectivity index (χ3n) is 3.66. The summed E-state index contributed by atoms with van der Waals surface area (Å²) in [6.45, 7) is 3.61. The minimum atomic E-state index is -0.368. The first kappa shape index (κ1) is 17.6. The minimum absolute atomic E-state index is 0.0435. The number of aliphatic hydroxyl groups excluding tert-OH is 1. The number of ether oxygens (including phenoxy) is 1. The van der Waals surface area contributed by atoms with Crippen molar-refractivity contribution in [1.29, 1.82) is 0 Å². The third-order valence-corrected chi connectivity index (χ3v) is 3.66. The van der Waals surface area contributed by atoms with E-state index in [9.17, 15) is 4.79 Å². The molecule has 0 aliphatic heterocycles. The Morgan fingerprint density at radius 1 is 1.00 bits per heavy atom. The highest BCUT2D eigenvalue weighted by Gasteiger charge is 2.08. The van der Waals surface area contributed by atoms with Gasteiger partial charge in [0, 0.05) is 13.8 Å². The summed E-state index contributed by atoms with van der Waals surface area (Å²) in [6.07, 6.45) is 0. The maximum absolute atomic E-state index is 11.2. The molecule has 0 fully saturated rings. The number of carbonyl (C=O) groups excluding carboxylic acids is 1.